The molecule has 1 heterocycles. The molecule has 0 atom stereocenters. The molecule has 0 saturated heterocycles. The molecule has 0 aromatic carbocycles. The van der Waals surface area contributed by atoms with Gasteiger partial charge in [0.05, 0.1) is 0 Å². The highest BCUT2D eigenvalue weighted by Crippen LogP contribution is 2.08. The quantitative estimate of drug-likeness (QED) is 0.735. The van der Waals surface area contributed by atoms with Crippen LogP contribution in [0.1, 0.15) is 25.4 Å². The van der Waals surface area contributed by atoms with Crippen molar-refractivity contribution in [2.24, 2.45) is 0 Å². The molecule has 0 unspecified atom stereocenters. The lowest BCUT2D eigenvalue weighted by molar-refractivity contribution is -0.116. The van der Waals surface area contributed by atoms with Crippen LogP contribution in [0.2, 0.25) is 0 Å². The first kappa shape index (κ1) is 11.5. The zero-order chi connectivity index (χ0) is 11.3. The second-order valence-corrected chi connectivity index (χ2v) is 3.46. The van der Waals surface area contributed by atoms with Crippen LogP contribution in [-0.2, 0) is 11.4 Å². The Bertz CT molecular complexity index is 352. The van der Waals surface area contributed by atoms with Gasteiger partial charge in [0, 0.05) is 12.1 Å². The molecule has 0 bridgehead atoms. The Morgan fingerprint density at radius 1 is 1.60 bits per heavy atom. The number of hydrogen-bond acceptors (Lipinski definition) is 3. The average molecular weight is 209 g/mol. The maximum absolute atomic E-state index is 11.2. The lowest BCUT2D eigenvalue weighted by atomic mass is 10.3. The van der Waals surface area contributed by atoms with Crippen molar-refractivity contribution in [1.29, 1.82) is 0 Å². The van der Waals surface area contributed by atoms with E-state index in [-0.39, 0.29) is 18.6 Å². The van der Waals surface area contributed by atoms with Crippen molar-refractivity contribution >= 4 is 12.0 Å². The number of furan rings is 1. The Hall–Kier alpha value is -1.55. The zero-order valence-electron chi connectivity index (χ0n) is 8.86. The van der Waals surface area contributed by atoms with Crippen LogP contribution in [-0.4, -0.2) is 17.1 Å². The van der Waals surface area contributed by atoms with E-state index in [0.29, 0.717) is 11.5 Å². The summed E-state index contributed by atoms with van der Waals surface area (Å²) < 4.78 is 5.17. The van der Waals surface area contributed by atoms with E-state index in [1.807, 2.05) is 13.8 Å². The van der Waals surface area contributed by atoms with Gasteiger partial charge in [0.1, 0.15) is 18.1 Å². The topological polar surface area (TPSA) is 62.5 Å². The monoisotopic (exact) mass is 209 g/mol. The maximum atomic E-state index is 11.2. The van der Waals surface area contributed by atoms with Crippen molar-refractivity contribution in [3.63, 3.8) is 0 Å². The summed E-state index contributed by atoms with van der Waals surface area (Å²) in [5, 5.41) is 11.5. The van der Waals surface area contributed by atoms with Crippen LogP contribution in [0.15, 0.2) is 22.6 Å². The summed E-state index contributed by atoms with van der Waals surface area (Å²) in [6.45, 7) is 3.65. The third-order valence-electron chi connectivity index (χ3n) is 1.67. The molecule has 1 aromatic heterocycles. The predicted molar refractivity (Wildman–Crippen MR) is 56.9 cm³/mol. The van der Waals surface area contributed by atoms with Crippen LogP contribution in [0.25, 0.3) is 6.08 Å². The molecule has 0 aliphatic rings. The van der Waals surface area contributed by atoms with Gasteiger partial charge < -0.3 is 14.8 Å². The molecular weight excluding hydrogens is 194 g/mol. The third-order valence-corrected chi connectivity index (χ3v) is 1.67. The van der Waals surface area contributed by atoms with E-state index >= 15 is 0 Å². The number of aliphatic hydroxyl groups is 1. The van der Waals surface area contributed by atoms with Gasteiger partial charge in [-0.1, -0.05) is 0 Å². The van der Waals surface area contributed by atoms with Crippen LogP contribution >= 0.6 is 0 Å². The lowest BCUT2D eigenvalue weighted by Gasteiger charge is -2.03. The van der Waals surface area contributed by atoms with Gasteiger partial charge in [0.2, 0.25) is 5.91 Å². The van der Waals surface area contributed by atoms with Gasteiger partial charge >= 0.3 is 0 Å². The molecule has 0 saturated carbocycles. The first-order chi connectivity index (χ1) is 7.11. The first-order valence-corrected chi connectivity index (χ1v) is 4.80. The van der Waals surface area contributed by atoms with Gasteiger partial charge in [-0.15, -0.1) is 0 Å². The summed E-state index contributed by atoms with van der Waals surface area (Å²) in [5.41, 5.74) is 0. The van der Waals surface area contributed by atoms with Crippen LogP contribution in [0, 0.1) is 0 Å². The number of nitrogens with one attached hydrogen (secondary N) is 1. The maximum Gasteiger partial charge on any atom is 0.244 e. The largest absolute Gasteiger partial charge is 0.459 e. The molecule has 4 nitrogen and oxygen atoms in total. The Balaban J connectivity index is 2.53. The van der Waals surface area contributed by atoms with E-state index < -0.39 is 0 Å². The molecule has 0 radical (unpaired) electrons. The van der Waals surface area contributed by atoms with Gasteiger partial charge in [0.15, 0.2) is 0 Å². The summed E-state index contributed by atoms with van der Waals surface area (Å²) >= 11 is 0. The minimum Gasteiger partial charge on any atom is -0.459 e. The highest BCUT2D eigenvalue weighted by molar-refractivity contribution is 5.91. The molecule has 0 spiro atoms. The van der Waals surface area contributed by atoms with Gasteiger partial charge in [-0.2, -0.15) is 0 Å². The smallest absolute Gasteiger partial charge is 0.244 e. The van der Waals surface area contributed by atoms with E-state index in [1.165, 1.54) is 6.08 Å². The number of hydrogen-bond donors (Lipinski definition) is 2. The standard InChI is InChI=1S/C11H15NO3/c1-8(2)12-11(14)6-5-9-3-4-10(7-13)15-9/h3-6,8,13H,7H2,1-2H3,(H,12,14)/b6-5+. The summed E-state index contributed by atoms with van der Waals surface area (Å²) in [5.74, 6) is 0.879. The predicted octanol–water partition coefficient (Wildman–Crippen LogP) is 1.31. The number of carbonyl (C=O) groups excluding carboxylic acids is 1. The molecule has 1 amide bonds. The van der Waals surface area contributed by atoms with Gasteiger partial charge in [-0.25, -0.2) is 0 Å². The molecule has 82 valence electrons. The van der Waals surface area contributed by atoms with Gasteiger partial charge in [-0.05, 0) is 32.1 Å². The van der Waals surface area contributed by atoms with E-state index in [2.05, 4.69) is 5.32 Å². The van der Waals surface area contributed by atoms with Crippen molar-refractivity contribution in [3.05, 3.63) is 29.7 Å². The Morgan fingerprint density at radius 2 is 2.33 bits per heavy atom. The van der Waals surface area contributed by atoms with Crippen LogP contribution in [0.4, 0.5) is 0 Å². The molecule has 0 fully saturated rings. The summed E-state index contributed by atoms with van der Waals surface area (Å²) in [6.07, 6.45) is 2.97. The molecule has 1 aromatic rings. The minimum absolute atomic E-state index is 0.117. The number of rotatable bonds is 4. The second-order valence-electron chi connectivity index (χ2n) is 3.46. The summed E-state index contributed by atoms with van der Waals surface area (Å²) in [4.78, 5) is 11.2. The highest BCUT2D eigenvalue weighted by Gasteiger charge is 2.00. The molecule has 0 aliphatic carbocycles. The molecule has 1 rings (SSSR count). The van der Waals surface area contributed by atoms with E-state index in [4.69, 9.17) is 9.52 Å². The van der Waals surface area contributed by atoms with Crippen molar-refractivity contribution in [2.45, 2.75) is 26.5 Å². The van der Waals surface area contributed by atoms with E-state index in [9.17, 15) is 4.79 Å². The molecule has 0 aliphatic heterocycles. The normalized spacial score (nSPS) is 11.2. The van der Waals surface area contributed by atoms with Crippen LogP contribution in [0.3, 0.4) is 0 Å². The van der Waals surface area contributed by atoms with Crippen molar-refractivity contribution in [2.75, 3.05) is 0 Å². The second kappa shape index (κ2) is 5.36. The van der Waals surface area contributed by atoms with Crippen molar-refractivity contribution in [3.8, 4) is 0 Å². The highest BCUT2D eigenvalue weighted by atomic mass is 16.4. The summed E-state index contributed by atoms with van der Waals surface area (Å²) in [6, 6.07) is 3.48. The van der Waals surface area contributed by atoms with Gasteiger partial charge in [0.25, 0.3) is 0 Å². The molecule has 2 N–H and O–H groups in total. The summed E-state index contributed by atoms with van der Waals surface area (Å²) in [7, 11) is 0. The molecule has 4 heteroatoms. The van der Waals surface area contributed by atoms with Gasteiger partial charge in [-0.3, -0.25) is 4.79 Å². The lowest BCUT2D eigenvalue weighted by Crippen LogP contribution is -2.28. The van der Waals surface area contributed by atoms with Crippen molar-refractivity contribution < 1.29 is 14.3 Å². The Labute approximate surface area is 88.6 Å². The fraction of sp³-hybridized carbons (Fsp3) is 0.364. The molecule has 15 heavy (non-hydrogen) atoms. The van der Waals surface area contributed by atoms with Crippen LogP contribution in [0.5, 0.6) is 0 Å². The fourth-order valence-corrected chi connectivity index (χ4v) is 1.06. The fourth-order valence-electron chi connectivity index (χ4n) is 1.06. The zero-order valence-corrected chi connectivity index (χ0v) is 8.86. The average Bonchev–Trinajstić information content (AvgIpc) is 2.61. The minimum atomic E-state index is -0.160. The van der Waals surface area contributed by atoms with Crippen molar-refractivity contribution in [1.82, 2.24) is 5.32 Å². The Morgan fingerprint density at radius 3 is 2.87 bits per heavy atom. The molecular formula is C11H15NO3. The number of carbonyl (C=O) groups is 1. The number of aliphatic hydroxyl groups excluding tert-OH is 1. The SMILES string of the molecule is CC(C)NC(=O)/C=C/c1ccc(CO)o1. The number of amides is 1. The Kier molecular flexibility index (Phi) is 4.12. The van der Waals surface area contributed by atoms with E-state index in [0.717, 1.165) is 0 Å². The first-order valence-electron chi connectivity index (χ1n) is 4.80. The van der Waals surface area contributed by atoms with Crippen LogP contribution < -0.4 is 5.32 Å². The third kappa shape index (κ3) is 3.99. The van der Waals surface area contributed by atoms with E-state index in [1.54, 1.807) is 18.2 Å².